The summed E-state index contributed by atoms with van der Waals surface area (Å²) in [6, 6.07) is 11.8. The van der Waals surface area contributed by atoms with Crippen molar-refractivity contribution < 1.29 is 19.0 Å². The molecule has 0 unspecified atom stereocenters. The van der Waals surface area contributed by atoms with E-state index in [-0.39, 0.29) is 6.32 Å². The number of pyridine rings is 1. The third-order valence-corrected chi connectivity index (χ3v) is 3.31. The van der Waals surface area contributed by atoms with Crippen molar-refractivity contribution in [3.05, 3.63) is 60.4 Å². The highest BCUT2D eigenvalue weighted by atomic mass is 32.2. The minimum absolute atomic E-state index is 0. The summed E-state index contributed by atoms with van der Waals surface area (Å²) in [4.78, 5) is -0.156. The van der Waals surface area contributed by atoms with E-state index in [0.29, 0.717) is 12.1 Å². The van der Waals surface area contributed by atoms with Gasteiger partial charge in [-0.25, -0.2) is 13.0 Å². The average molecular weight is 250 g/mol. The first-order valence-electron chi connectivity index (χ1n) is 5.05. The standard InChI is InChI=1S/C12H11NO3S/c14-17(15,16)12-7-3-2-6-11(12)10-13-8-4-1-5-9-13/h1-9H,10H2/p+1. The first-order chi connectivity index (χ1) is 8.07. The molecule has 0 amide bonds. The average Bonchev–Trinajstić information content (AvgIpc) is 2.30. The molecule has 0 radical (unpaired) electrons. The Labute approximate surface area is 101 Å². The quantitative estimate of drug-likeness (QED) is 0.604. The molecule has 0 fully saturated rings. The molecule has 2 aromatic rings. The molecule has 0 N–H and O–H groups in total. The molecule has 5 heteroatoms. The summed E-state index contributed by atoms with van der Waals surface area (Å²) in [5, 5.41) is 0. The van der Waals surface area contributed by atoms with E-state index in [2.05, 4.69) is 0 Å². The lowest BCUT2D eigenvalue weighted by Gasteiger charge is -2.10. The van der Waals surface area contributed by atoms with Crippen LogP contribution in [0.5, 0.6) is 0 Å². The minimum atomic E-state index is -4.42. The van der Waals surface area contributed by atoms with Crippen LogP contribution in [0.15, 0.2) is 59.8 Å². The highest BCUT2D eigenvalue weighted by Gasteiger charge is 2.11. The molecule has 1 aromatic heterocycles. The van der Waals surface area contributed by atoms with Crippen LogP contribution in [0.3, 0.4) is 0 Å². The molecular formula is C12H12NO3S+. The van der Waals surface area contributed by atoms with Crippen molar-refractivity contribution in [1.82, 2.24) is 0 Å². The van der Waals surface area contributed by atoms with Gasteiger partial charge in [-0.2, -0.15) is 0 Å². The molecule has 0 aliphatic carbocycles. The third-order valence-electron chi connectivity index (χ3n) is 2.37. The second kappa shape index (κ2) is 4.65. The summed E-state index contributed by atoms with van der Waals surface area (Å²) in [5.41, 5.74) is 0.499. The fourth-order valence-electron chi connectivity index (χ4n) is 1.61. The van der Waals surface area contributed by atoms with Crippen LogP contribution in [0.4, 0.5) is 0 Å². The van der Waals surface area contributed by atoms with Crippen LogP contribution in [-0.4, -0.2) is 13.0 Å². The van der Waals surface area contributed by atoms with Gasteiger partial charge in [0.15, 0.2) is 18.9 Å². The predicted octanol–water partition coefficient (Wildman–Crippen LogP) is 1.04. The molecule has 0 spiro atoms. The molecule has 0 saturated heterocycles. The second-order valence-electron chi connectivity index (χ2n) is 3.61. The lowest BCUT2D eigenvalue weighted by molar-refractivity contribution is -0.688. The fourth-order valence-corrected chi connectivity index (χ4v) is 2.31. The van der Waals surface area contributed by atoms with Crippen molar-refractivity contribution in [3.8, 4) is 0 Å². The van der Waals surface area contributed by atoms with Gasteiger partial charge >= 0.3 is 1.43 Å². The van der Waals surface area contributed by atoms with Crippen LogP contribution >= 0.6 is 0 Å². The molecule has 1 aromatic carbocycles. The maximum atomic E-state index is 11.1. The second-order valence-corrected chi connectivity index (χ2v) is 4.96. The van der Waals surface area contributed by atoms with Crippen molar-refractivity contribution in [2.45, 2.75) is 11.4 Å². The van der Waals surface area contributed by atoms with Gasteiger partial charge in [0, 0.05) is 17.7 Å². The van der Waals surface area contributed by atoms with Gasteiger partial charge in [0.05, 0.1) is 4.90 Å². The van der Waals surface area contributed by atoms with Gasteiger partial charge in [-0.15, -0.1) is 0 Å². The van der Waals surface area contributed by atoms with Crippen molar-refractivity contribution in [3.63, 3.8) is 0 Å². The maximum absolute atomic E-state index is 11.1. The zero-order valence-electron chi connectivity index (χ0n) is 9.98. The van der Waals surface area contributed by atoms with E-state index in [4.69, 9.17) is 0 Å². The summed E-state index contributed by atoms with van der Waals surface area (Å²) in [5.74, 6) is 0. The number of hydrogen-bond donors (Lipinski definition) is 0. The Balaban J connectivity index is 0.00000162. The molecule has 0 saturated carbocycles. The molecular weight excluding hydrogens is 238 g/mol. The summed E-state index contributed by atoms with van der Waals surface area (Å²) >= 11 is 0. The van der Waals surface area contributed by atoms with E-state index in [1.54, 1.807) is 18.2 Å². The SMILES string of the molecule is O=S(=O)([O-])c1ccccc1C[n+]1ccccc1.[H+]. The molecule has 4 nitrogen and oxygen atoms in total. The van der Waals surface area contributed by atoms with Gasteiger partial charge in [-0.1, -0.05) is 24.3 Å². The van der Waals surface area contributed by atoms with Crippen LogP contribution in [0, 0.1) is 0 Å². The summed E-state index contributed by atoms with van der Waals surface area (Å²) in [6.07, 6.45) is 3.63. The number of hydrogen-bond acceptors (Lipinski definition) is 3. The van der Waals surface area contributed by atoms with Crippen LogP contribution in [0.1, 0.15) is 6.99 Å². The van der Waals surface area contributed by atoms with Gasteiger partial charge in [0.2, 0.25) is 0 Å². The topological polar surface area (TPSA) is 61.1 Å². The molecule has 88 valence electrons. The van der Waals surface area contributed by atoms with Crippen LogP contribution in [-0.2, 0) is 16.7 Å². The molecule has 0 atom stereocenters. The van der Waals surface area contributed by atoms with Gasteiger partial charge in [0.1, 0.15) is 10.1 Å². The predicted molar refractivity (Wildman–Crippen MR) is 61.3 cm³/mol. The zero-order chi connectivity index (χ0) is 12.3. The normalized spacial score (nSPS) is 11.4. The van der Waals surface area contributed by atoms with Crippen molar-refractivity contribution in [2.24, 2.45) is 0 Å². The van der Waals surface area contributed by atoms with Crippen LogP contribution < -0.4 is 4.57 Å². The first-order valence-corrected chi connectivity index (χ1v) is 6.46. The molecule has 0 aliphatic rings. The van der Waals surface area contributed by atoms with E-state index < -0.39 is 10.1 Å². The first kappa shape index (κ1) is 11.8. The Morgan fingerprint density at radius 3 is 2.35 bits per heavy atom. The zero-order valence-corrected chi connectivity index (χ0v) is 9.80. The fraction of sp³-hybridized carbons (Fsp3) is 0.0833. The molecule has 0 bridgehead atoms. The molecule has 2 rings (SSSR count). The molecule has 17 heavy (non-hydrogen) atoms. The molecule has 0 aliphatic heterocycles. The summed E-state index contributed by atoms with van der Waals surface area (Å²) in [6.45, 7) is 0.360. The van der Waals surface area contributed by atoms with Crippen molar-refractivity contribution in [1.29, 1.82) is 0 Å². The van der Waals surface area contributed by atoms with Gasteiger partial charge in [-0.05, 0) is 6.07 Å². The van der Waals surface area contributed by atoms with Gasteiger partial charge in [-0.3, -0.25) is 0 Å². The van der Waals surface area contributed by atoms with E-state index in [1.165, 1.54) is 6.07 Å². The van der Waals surface area contributed by atoms with Gasteiger partial charge in [0.25, 0.3) is 0 Å². The summed E-state index contributed by atoms with van der Waals surface area (Å²) < 4.78 is 35.0. The monoisotopic (exact) mass is 250 g/mol. The Bertz CT molecular complexity index is 614. The smallest absolute Gasteiger partial charge is 0.744 e. The Morgan fingerprint density at radius 1 is 1.06 bits per heavy atom. The van der Waals surface area contributed by atoms with E-state index in [1.807, 2.05) is 35.2 Å². The Hall–Kier alpha value is -1.72. The van der Waals surface area contributed by atoms with Crippen LogP contribution in [0.25, 0.3) is 0 Å². The highest BCUT2D eigenvalue weighted by molar-refractivity contribution is 7.85. The van der Waals surface area contributed by atoms with Crippen LogP contribution in [0.2, 0.25) is 0 Å². The number of benzene rings is 1. The lowest BCUT2D eigenvalue weighted by atomic mass is 10.2. The maximum Gasteiger partial charge on any atom is 1.00 e. The largest absolute Gasteiger partial charge is 1.00 e. The number of aromatic nitrogens is 1. The number of nitrogens with zero attached hydrogens (tertiary/aromatic N) is 1. The Kier molecular flexibility index (Phi) is 3.21. The van der Waals surface area contributed by atoms with E-state index in [0.717, 1.165) is 0 Å². The number of rotatable bonds is 3. The minimum Gasteiger partial charge on any atom is -0.744 e. The lowest BCUT2D eigenvalue weighted by Crippen LogP contribution is -2.33. The van der Waals surface area contributed by atoms with E-state index >= 15 is 0 Å². The van der Waals surface area contributed by atoms with Crippen molar-refractivity contribution in [2.75, 3.05) is 0 Å². The third kappa shape index (κ3) is 2.89. The highest BCUT2D eigenvalue weighted by Crippen LogP contribution is 2.14. The molecule has 1 heterocycles. The van der Waals surface area contributed by atoms with Crippen molar-refractivity contribution >= 4 is 10.1 Å². The van der Waals surface area contributed by atoms with Gasteiger partial charge < -0.3 is 4.55 Å². The van der Waals surface area contributed by atoms with E-state index in [9.17, 15) is 13.0 Å². The summed E-state index contributed by atoms with van der Waals surface area (Å²) in [7, 11) is -4.42. The Morgan fingerprint density at radius 2 is 1.71 bits per heavy atom.